The molecule has 0 aromatic heterocycles. The van der Waals surface area contributed by atoms with E-state index in [-0.39, 0.29) is 40.1 Å². The molecule has 0 radical (unpaired) electrons. The second-order valence-electron chi connectivity index (χ2n) is 11.1. The van der Waals surface area contributed by atoms with Crippen molar-refractivity contribution in [2.24, 2.45) is 15.4 Å². The summed E-state index contributed by atoms with van der Waals surface area (Å²) in [6.07, 6.45) is -5.00. The predicted molar refractivity (Wildman–Crippen MR) is 162 cm³/mol. The molecule has 0 spiro atoms. The van der Waals surface area contributed by atoms with Crippen molar-refractivity contribution in [3.63, 3.8) is 0 Å². The number of esters is 1. The topological polar surface area (TPSA) is 115 Å². The summed E-state index contributed by atoms with van der Waals surface area (Å²) >= 11 is 0. The van der Waals surface area contributed by atoms with Crippen LogP contribution in [0.3, 0.4) is 0 Å². The standard InChI is InChI=1S/C34H36F3N3O5.Ni/c1-3-45-28(41)21-33(2,34(35,36)37)30(32(43)44)39-29(24-15-8-5-9-16-24)25-17-10-11-18-26(25)38-31(42)27-19-12-20-40(27)22-23-13-6-4-7-14-23;/h4-11,13-18,27,30H,3,12,19-22H2,1-2H3,(H,38,42)(H,43,44);/p-1. The molecule has 12 heteroatoms. The van der Waals surface area contributed by atoms with Gasteiger partial charge in [-0.15, -0.1) is 0 Å². The van der Waals surface area contributed by atoms with Crippen LogP contribution in [-0.2, 0) is 37.4 Å². The largest absolute Gasteiger partial charge is 0.861 e. The number of carbonyl (C=O) groups excluding carboxylic acids is 1. The van der Waals surface area contributed by atoms with E-state index in [1.165, 1.54) is 13.0 Å². The molecule has 1 aliphatic rings. The maximum absolute atomic E-state index is 14.6. The van der Waals surface area contributed by atoms with E-state index in [0.29, 0.717) is 32.0 Å². The molecule has 46 heavy (non-hydrogen) atoms. The van der Waals surface area contributed by atoms with Crippen LogP contribution >= 0.6 is 0 Å². The fraction of sp³-hybridized carbons (Fsp3) is 0.353. The number of hydrogen-bond acceptors (Lipinski definition) is 7. The molecule has 8 nitrogen and oxygen atoms in total. The van der Waals surface area contributed by atoms with Crippen molar-refractivity contribution in [1.29, 1.82) is 0 Å². The Labute approximate surface area is 275 Å². The second-order valence-corrected chi connectivity index (χ2v) is 11.1. The Morgan fingerprint density at radius 2 is 1.63 bits per heavy atom. The Bertz CT molecular complexity index is 1540. The molecule has 0 saturated carbocycles. The molecule has 1 heterocycles. The molecule has 3 aromatic carbocycles. The van der Waals surface area contributed by atoms with E-state index in [1.54, 1.807) is 48.5 Å². The number of carboxylic acid groups (broad SMARTS) is 1. The number of halogens is 3. The number of nitrogens with zero attached hydrogens (tertiary/aromatic N) is 3. The first-order valence-corrected chi connectivity index (χ1v) is 14.7. The van der Waals surface area contributed by atoms with E-state index in [4.69, 9.17) is 4.74 Å². The van der Waals surface area contributed by atoms with Gasteiger partial charge in [0, 0.05) is 40.2 Å². The van der Waals surface area contributed by atoms with E-state index in [2.05, 4.69) is 9.98 Å². The van der Waals surface area contributed by atoms with Gasteiger partial charge in [0.15, 0.2) is 6.04 Å². The maximum atomic E-state index is 14.6. The van der Waals surface area contributed by atoms with Gasteiger partial charge in [-0.05, 0) is 50.8 Å². The zero-order valence-corrected chi connectivity index (χ0v) is 26.3. The van der Waals surface area contributed by atoms with Crippen molar-refractivity contribution in [3.05, 3.63) is 102 Å². The van der Waals surface area contributed by atoms with Gasteiger partial charge in [-0.2, -0.15) is 13.2 Å². The third-order valence-electron chi connectivity index (χ3n) is 7.87. The van der Waals surface area contributed by atoms with Gasteiger partial charge >= 0.3 is 18.1 Å². The summed E-state index contributed by atoms with van der Waals surface area (Å²) < 4.78 is 48.5. The number of alkyl halides is 3. The van der Waals surface area contributed by atoms with Gasteiger partial charge in [-0.3, -0.25) is 19.7 Å². The summed E-state index contributed by atoms with van der Waals surface area (Å²) in [5, 5.41) is 23.7. The predicted octanol–water partition coefficient (Wildman–Crippen LogP) is 5.55. The zero-order valence-electron chi connectivity index (χ0n) is 25.4. The minimum atomic E-state index is -5.14. The van der Waals surface area contributed by atoms with Gasteiger partial charge in [0.05, 0.1) is 24.4 Å². The van der Waals surface area contributed by atoms with Crippen LogP contribution in [0.5, 0.6) is 0 Å². The number of hydrogen-bond donors (Lipinski definition) is 1. The number of likely N-dealkylation sites (tertiary alicyclic amines) is 1. The fourth-order valence-electron chi connectivity index (χ4n) is 5.44. The van der Waals surface area contributed by atoms with Crippen LogP contribution in [0.15, 0.2) is 94.9 Å². The number of aliphatic imine (C=N–C) groups is 2. The number of carbonyl (C=O) groups is 2. The molecule has 1 N–H and O–H groups in total. The molecule has 1 aliphatic heterocycles. The summed E-state index contributed by atoms with van der Waals surface area (Å²) in [6.45, 7) is 3.18. The van der Waals surface area contributed by atoms with Crippen LogP contribution in [0.2, 0.25) is 0 Å². The average molecular weight is 681 g/mol. The van der Waals surface area contributed by atoms with Crippen LogP contribution < -0.4 is 5.11 Å². The minimum absolute atomic E-state index is 0. The first-order chi connectivity index (χ1) is 21.4. The Morgan fingerprint density at radius 3 is 2.24 bits per heavy atom. The monoisotopic (exact) mass is 680 g/mol. The minimum Gasteiger partial charge on any atom is -0.861 e. The van der Waals surface area contributed by atoms with Crippen LogP contribution in [0.4, 0.5) is 18.9 Å². The van der Waals surface area contributed by atoms with Crippen molar-refractivity contribution in [2.75, 3.05) is 13.2 Å². The summed E-state index contributed by atoms with van der Waals surface area (Å²) in [5.74, 6) is -3.49. The molecule has 1 fully saturated rings. The molecule has 3 unspecified atom stereocenters. The van der Waals surface area contributed by atoms with Crippen molar-refractivity contribution in [3.8, 4) is 0 Å². The van der Waals surface area contributed by atoms with Gasteiger partial charge < -0.3 is 14.9 Å². The number of ether oxygens (including phenoxy) is 1. The normalized spacial score (nSPS) is 17.9. The van der Waals surface area contributed by atoms with Crippen molar-refractivity contribution >= 4 is 29.2 Å². The molecular formula is C34H35F3N3NiO5-. The Hall–Kier alpha value is -4.02. The van der Waals surface area contributed by atoms with E-state index < -0.39 is 47.9 Å². The molecule has 0 bridgehead atoms. The fourth-order valence-corrected chi connectivity index (χ4v) is 5.44. The molecule has 3 atom stereocenters. The average Bonchev–Trinajstić information content (AvgIpc) is 3.46. The Morgan fingerprint density at radius 1 is 1.02 bits per heavy atom. The molecule has 4 rings (SSSR count). The van der Waals surface area contributed by atoms with Crippen LogP contribution in [-0.4, -0.2) is 65.0 Å². The zero-order chi connectivity index (χ0) is 32.6. The molecule has 1 saturated heterocycles. The van der Waals surface area contributed by atoms with Gasteiger partial charge in [-0.25, -0.2) is 4.79 Å². The summed E-state index contributed by atoms with van der Waals surface area (Å²) in [4.78, 5) is 35.5. The number of para-hydroxylation sites is 1. The molecule has 0 amide bonds. The van der Waals surface area contributed by atoms with Crippen LogP contribution in [0, 0.1) is 5.41 Å². The van der Waals surface area contributed by atoms with Crippen LogP contribution in [0.25, 0.3) is 0 Å². The number of aliphatic carboxylic acids is 1. The van der Waals surface area contributed by atoms with Crippen molar-refractivity contribution < 1.29 is 54.2 Å². The number of carboxylic acids is 1. The summed E-state index contributed by atoms with van der Waals surface area (Å²) in [6, 6.07) is 21.2. The van der Waals surface area contributed by atoms with Crippen molar-refractivity contribution in [2.45, 2.75) is 57.9 Å². The van der Waals surface area contributed by atoms with E-state index in [1.807, 2.05) is 35.2 Å². The molecular weight excluding hydrogens is 646 g/mol. The van der Waals surface area contributed by atoms with Crippen molar-refractivity contribution in [1.82, 2.24) is 4.90 Å². The van der Waals surface area contributed by atoms with Gasteiger partial charge in [0.25, 0.3) is 0 Å². The summed E-state index contributed by atoms with van der Waals surface area (Å²) in [5.41, 5.74) is -1.55. The first-order valence-electron chi connectivity index (χ1n) is 14.7. The first kappa shape index (κ1) is 36.5. The Balaban J connectivity index is 0.00000576. The quantitative estimate of drug-likeness (QED) is 0.116. The Kier molecular flexibility index (Phi) is 12.7. The number of benzene rings is 3. The van der Waals surface area contributed by atoms with Gasteiger partial charge in [0.1, 0.15) is 5.41 Å². The van der Waals surface area contributed by atoms with E-state index in [9.17, 15) is 33.0 Å². The van der Waals surface area contributed by atoms with Crippen LogP contribution in [0.1, 0.15) is 49.8 Å². The van der Waals surface area contributed by atoms with Gasteiger partial charge in [0.2, 0.25) is 0 Å². The maximum Gasteiger partial charge on any atom is 0.397 e. The van der Waals surface area contributed by atoms with Gasteiger partial charge in [-0.1, -0.05) is 78.9 Å². The molecule has 0 aliphatic carbocycles. The third-order valence-corrected chi connectivity index (χ3v) is 7.87. The van der Waals surface area contributed by atoms with E-state index in [0.717, 1.165) is 12.0 Å². The molecule has 248 valence electrons. The second kappa shape index (κ2) is 16.0. The van der Waals surface area contributed by atoms with E-state index >= 15 is 0 Å². The smallest absolute Gasteiger partial charge is 0.397 e. The third kappa shape index (κ3) is 8.61. The molecule has 3 aromatic rings. The number of rotatable bonds is 12. The summed E-state index contributed by atoms with van der Waals surface area (Å²) in [7, 11) is 0. The SMILES string of the molecule is CCOC(=O)CC(C)(C(N=C(c1ccccc1)c1ccccc1N=C([O-])C1CCCN1Cc1ccccc1)C(=O)O)C(F)(F)F.[Ni].